The molecule has 3 N–H and O–H groups in total. The Hall–Kier alpha value is -1.48. The van der Waals surface area contributed by atoms with Crippen molar-refractivity contribution >= 4 is 26.4 Å². The van der Waals surface area contributed by atoms with Gasteiger partial charge >= 0.3 is 12.4 Å². The van der Waals surface area contributed by atoms with E-state index in [1.165, 1.54) is 0 Å². The van der Waals surface area contributed by atoms with Crippen LogP contribution < -0.4 is 5.73 Å². The molecule has 0 aliphatic rings. The van der Waals surface area contributed by atoms with Crippen molar-refractivity contribution in [3.8, 4) is 0 Å². The summed E-state index contributed by atoms with van der Waals surface area (Å²) in [6.07, 6.45) is -9.61. The van der Waals surface area contributed by atoms with E-state index in [9.17, 15) is 31.4 Å². The van der Waals surface area contributed by atoms with Gasteiger partial charge in [-0.2, -0.15) is 26.3 Å². The van der Waals surface area contributed by atoms with E-state index in [-0.39, 0.29) is 15.1 Å². The molecule has 21 heavy (non-hydrogen) atoms. The lowest BCUT2D eigenvalue weighted by molar-refractivity contribution is -0.258. The summed E-state index contributed by atoms with van der Waals surface area (Å²) in [5, 5.41) is 9.18. The Kier molecular flexibility index (Phi) is 3.41. The summed E-state index contributed by atoms with van der Waals surface area (Å²) in [5.41, 5.74) is 0.619. The largest absolute Gasteiger partial charge is 0.421 e. The number of nitrogens with two attached hydrogens (primary N) is 1. The van der Waals surface area contributed by atoms with E-state index in [0.717, 1.165) is 6.07 Å². The Morgan fingerprint density at radius 3 is 2.14 bits per heavy atom. The van der Waals surface area contributed by atoms with Crippen molar-refractivity contribution in [1.29, 1.82) is 0 Å². The van der Waals surface area contributed by atoms with Crippen LogP contribution in [0, 0.1) is 0 Å². The number of rotatable bonds is 1. The molecule has 0 bridgehead atoms. The van der Waals surface area contributed by atoms with Gasteiger partial charge in [-0.05, 0) is 19.1 Å². The van der Waals surface area contributed by atoms with Gasteiger partial charge in [0.15, 0.2) is 5.60 Å². The standard InChI is InChI=1S/C12H9F6NOS/c1-10(20,12(16,17)18)8-6-3-2-5(11(13,14)15)4-7(6)21-9(8)19/h2-4,20H,19H2,1H3. The third-order valence-corrected chi connectivity index (χ3v) is 4.07. The van der Waals surface area contributed by atoms with Gasteiger partial charge in [-0.1, -0.05) is 6.07 Å². The number of nitrogen functional groups attached to an aromatic ring is 1. The van der Waals surface area contributed by atoms with E-state index in [1.54, 1.807) is 0 Å². The van der Waals surface area contributed by atoms with Crippen LogP contribution in [0.5, 0.6) is 0 Å². The summed E-state index contributed by atoms with van der Waals surface area (Å²) in [4.78, 5) is 0. The van der Waals surface area contributed by atoms with Crippen molar-refractivity contribution in [2.75, 3.05) is 5.73 Å². The highest BCUT2D eigenvalue weighted by Gasteiger charge is 2.53. The molecule has 0 aliphatic heterocycles. The summed E-state index contributed by atoms with van der Waals surface area (Å²) < 4.78 is 76.4. The first-order valence-electron chi connectivity index (χ1n) is 5.54. The molecule has 0 aliphatic carbocycles. The number of anilines is 1. The van der Waals surface area contributed by atoms with Gasteiger partial charge in [0, 0.05) is 15.6 Å². The molecule has 2 nitrogen and oxygen atoms in total. The second kappa shape index (κ2) is 4.51. The SMILES string of the molecule is CC(O)(c1c(N)sc2cc(C(F)(F)F)ccc12)C(F)(F)F. The fourth-order valence-corrected chi connectivity index (χ4v) is 3.05. The highest BCUT2D eigenvalue weighted by Crippen LogP contribution is 2.48. The van der Waals surface area contributed by atoms with E-state index in [1.807, 2.05) is 0 Å². The van der Waals surface area contributed by atoms with Crippen LogP contribution >= 0.6 is 11.3 Å². The number of benzene rings is 1. The first kappa shape index (κ1) is 15.9. The molecule has 116 valence electrons. The van der Waals surface area contributed by atoms with Crippen molar-refractivity contribution in [2.24, 2.45) is 0 Å². The minimum atomic E-state index is -5.00. The maximum absolute atomic E-state index is 12.9. The van der Waals surface area contributed by atoms with Gasteiger partial charge in [0.05, 0.1) is 10.6 Å². The Morgan fingerprint density at radius 1 is 1.10 bits per heavy atom. The van der Waals surface area contributed by atoms with Gasteiger partial charge in [0.1, 0.15) is 0 Å². The van der Waals surface area contributed by atoms with Crippen molar-refractivity contribution < 1.29 is 31.4 Å². The van der Waals surface area contributed by atoms with Gasteiger partial charge in [0.2, 0.25) is 0 Å². The Labute approximate surface area is 118 Å². The van der Waals surface area contributed by atoms with Gasteiger partial charge in [-0.3, -0.25) is 0 Å². The van der Waals surface area contributed by atoms with Gasteiger partial charge in [-0.25, -0.2) is 0 Å². The molecular formula is C12H9F6NOS. The number of halogens is 6. The zero-order valence-electron chi connectivity index (χ0n) is 10.4. The van der Waals surface area contributed by atoms with E-state index in [4.69, 9.17) is 5.73 Å². The summed E-state index contributed by atoms with van der Waals surface area (Å²) in [7, 11) is 0. The third kappa shape index (κ3) is 2.55. The molecule has 1 unspecified atom stereocenters. The molecular weight excluding hydrogens is 320 g/mol. The molecule has 0 amide bonds. The number of alkyl halides is 6. The Morgan fingerprint density at radius 2 is 1.67 bits per heavy atom. The predicted octanol–water partition coefficient (Wildman–Crippen LogP) is 4.27. The lowest BCUT2D eigenvalue weighted by Crippen LogP contribution is -2.39. The normalized spacial score (nSPS) is 16.2. The van der Waals surface area contributed by atoms with Crippen LogP contribution in [0.25, 0.3) is 10.1 Å². The molecule has 0 radical (unpaired) electrons. The van der Waals surface area contributed by atoms with Crippen molar-refractivity contribution in [3.05, 3.63) is 29.3 Å². The fourth-order valence-electron chi connectivity index (χ4n) is 1.94. The molecule has 1 heterocycles. The lowest BCUT2D eigenvalue weighted by Gasteiger charge is -2.26. The van der Waals surface area contributed by atoms with E-state index in [2.05, 4.69) is 0 Å². The summed E-state index contributed by atoms with van der Waals surface area (Å²) in [6, 6.07) is 2.26. The average Bonchev–Trinajstić information content (AvgIpc) is 2.61. The van der Waals surface area contributed by atoms with Crippen LogP contribution in [0.3, 0.4) is 0 Å². The van der Waals surface area contributed by atoms with E-state index >= 15 is 0 Å². The summed E-state index contributed by atoms with van der Waals surface area (Å²) in [6.45, 7) is 0.516. The number of aliphatic hydroxyl groups is 1. The number of hydrogen-bond acceptors (Lipinski definition) is 3. The zero-order chi connectivity index (χ0) is 16.2. The van der Waals surface area contributed by atoms with Crippen molar-refractivity contribution in [1.82, 2.24) is 0 Å². The summed E-state index contributed by atoms with van der Waals surface area (Å²) in [5.74, 6) is 0. The Bertz CT molecular complexity index is 685. The third-order valence-electron chi connectivity index (χ3n) is 3.08. The van der Waals surface area contributed by atoms with Crippen molar-refractivity contribution in [3.63, 3.8) is 0 Å². The maximum atomic E-state index is 12.9. The Balaban J connectivity index is 2.71. The fraction of sp³-hybridized carbons (Fsp3) is 0.333. The highest BCUT2D eigenvalue weighted by molar-refractivity contribution is 7.22. The topological polar surface area (TPSA) is 46.2 Å². The molecule has 0 saturated heterocycles. The van der Waals surface area contributed by atoms with Crippen LogP contribution in [0.2, 0.25) is 0 Å². The van der Waals surface area contributed by atoms with Gasteiger partial charge in [-0.15, -0.1) is 11.3 Å². The summed E-state index contributed by atoms with van der Waals surface area (Å²) >= 11 is 0.570. The van der Waals surface area contributed by atoms with Gasteiger partial charge < -0.3 is 10.8 Å². The predicted molar refractivity (Wildman–Crippen MR) is 66.9 cm³/mol. The van der Waals surface area contributed by atoms with E-state index in [0.29, 0.717) is 30.4 Å². The molecule has 0 fully saturated rings. The van der Waals surface area contributed by atoms with E-state index < -0.39 is 29.1 Å². The van der Waals surface area contributed by atoms with Crippen LogP contribution in [0.4, 0.5) is 31.3 Å². The quantitative estimate of drug-likeness (QED) is 0.768. The molecule has 9 heteroatoms. The molecule has 0 spiro atoms. The maximum Gasteiger partial charge on any atom is 0.421 e. The molecule has 0 saturated carbocycles. The molecule has 1 aromatic heterocycles. The second-order valence-corrected chi connectivity index (χ2v) is 5.70. The minimum absolute atomic E-state index is 0.0677. The first-order valence-corrected chi connectivity index (χ1v) is 6.36. The first-order chi connectivity index (χ1) is 9.35. The molecule has 2 aromatic rings. The minimum Gasteiger partial charge on any atom is -0.390 e. The highest BCUT2D eigenvalue weighted by atomic mass is 32.1. The lowest BCUT2D eigenvalue weighted by atomic mass is 9.93. The monoisotopic (exact) mass is 329 g/mol. The number of hydrogen-bond donors (Lipinski definition) is 2. The molecule has 2 rings (SSSR count). The smallest absolute Gasteiger partial charge is 0.390 e. The van der Waals surface area contributed by atoms with Crippen LogP contribution in [0.15, 0.2) is 18.2 Å². The average molecular weight is 329 g/mol. The van der Waals surface area contributed by atoms with Crippen LogP contribution in [-0.4, -0.2) is 11.3 Å². The number of fused-ring (bicyclic) bond motifs is 1. The molecule has 1 aromatic carbocycles. The zero-order valence-corrected chi connectivity index (χ0v) is 11.2. The van der Waals surface area contributed by atoms with Crippen LogP contribution in [-0.2, 0) is 11.8 Å². The van der Waals surface area contributed by atoms with Gasteiger partial charge in [0.25, 0.3) is 0 Å². The second-order valence-electron chi connectivity index (χ2n) is 4.62. The van der Waals surface area contributed by atoms with Crippen molar-refractivity contribution in [2.45, 2.75) is 24.9 Å². The molecule has 1 atom stereocenters. The van der Waals surface area contributed by atoms with Crippen LogP contribution in [0.1, 0.15) is 18.1 Å². The number of thiophene rings is 1.